The molecule has 11 heteroatoms. The van der Waals surface area contributed by atoms with Crippen molar-refractivity contribution in [1.82, 2.24) is 10.3 Å². The molecule has 0 aliphatic carbocycles. The molecule has 10 nitrogen and oxygen atoms in total. The Kier molecular flexibility index (Phi) is 8.30. The summed E-state index contributed by atoms with van der Waals surface area (Å²) in [5.74, 6) is -1.65. The van der Waals surface area contributed by atoms with Gasteiger partial charge in [0.2, 0.25) is 5.13 Å². The van der Waals surface area contributed by atoms with Crippen molar-refractivity contribution in [3.8, 4) is 0 Å². The van der Waals surface area contributed by atoms with Crippen LogP contribution in [-0.4, -0.2) is 41.4 Å². The zero-order chi connectivity index (χ0) is 24.5. The fourth-order valence-electron chi connectivity index (χ4n) is 2.99. The number of nitrogens with one attached hydrogen (secondary N) is 2. The van der Waals surface area contributed by atoms with E-state index in [-0.39, 0.29) is 35.4 Å². The highest BCUT2D eigenvalue weighted by Gasteiger charge is 2.23. The molecule has 1 aromatic heterocycles. The van der Waals surface area contributed by atoms with Crippen molar-refractivity contribution in [1.29, 1.82) is 0 Å². The molecule has 6 N–H and O–H groups in total. The molecule has 0 bridgehead atoms. The summed E-state index contributed by atoms with van der Waals surface area (Å²) < 4.78 is 5.12. The summed E-state index contributed by atoms with van der Waals surface area (Å²) in [7, 11) is 0. The quantitative estimate of drug-likeness (QED) is 0.207. The minimum atomic E-state index is -0.864. The van der Waals surface area contributed by atoms with Crippen molar-refractivity contribution in [2.75, 3.05) is 11.9 Å². The lowest BCUT2D eigenvalue weighted by Crippen LogP contribution is -2.43. The van der Waals surface area contributed by atoms with E-state index >= 15 is 0 Å². The summed E-state index contributed by atoms with van der Waals surface area (Å²) in [5, 5.41) is 7.17. The van der Waals surface area contributed by atoms with Crippen LogP contribution in [0.25, 0.3) is 0 Å². The lowest BCUT2D eigenvalue weighted by atomic mass is 10.1. The lowest BCUT2D eigenvalue weighted by molar-refractivity contribution is -0.145. The Labute approximate surface area is 200 Å². The number of hydrogen-bond acceptors (Lipinski definition) is 7. The number of esters is 1. The van der Waals surface area contributed by atoms with Crippen LogP contribution in [0, 0.1) is 0 Å². The molecule has 3 rings (SSSR count). The second kappa shape index (κ2) is 11.6. The fourth-order valence-corrected chi connectivity index (χ4v) is 3.68. The van der Waals surface area contributed by atoms with Gasteiger partial charge in [0.1, 0.15) is 11.7 Å². The first-order chi connectivity index (χ1) is 16.4. The molecule has 0 fully saturated rings. The Morgan fingerprint density at radius 3 is 2.56 bits per heavy atom. The summed E-state index contributed by atoms with van der Waals surface area (Å²) in [6.07, 6.45) is 0.282. The van der Waals surface area contributed by atoms with Crippen molar-refractivity contribution >= 4 is 45.9 Å². The monoisotopic (exact) mass is 480 g/mol. The van der Waals surface area contributed by atoms with Gasteiger partial charge in [-0.15, -0.1) is 11.3 Å². The van der Waals surface area contributed by atoms with Gasteiger partial charge < -0.3 is 26.8 Å². The standard InChI is InChI=1S/C23H24N6O4S/c1-2-33-21(32)17(11-14-7-4-3-5-8-14)27-19(30)15-9-6-10-16(12-15)26-20(31)18-13-34-23(28-18)29-22(24)25/h3-10,12-13,17H,2,11H2,1H3,(H,26,31)(H,27,30)(H4,24,25,28,29). The van der Waals surface area contributed by atoms with E-state index in [4.69, 9.17) is 16.2 Å². The van der Waals surface area contributed by atoms with Crippen LogP contribution in [0.4, 0.5) is 10.8 Å². The van der Waals surface area contributed by atoms with Crippen LogP contribution in [-0.2, 0) is 16.0 Å². The van der Waals surface area contributed by atoms with E-state index < -0.39 is 23.8 Å². The Morgan fingerprint density at radius 1 is 1.09 bits per heavy atom. The molecule has 176 valence electrons. The summed E-state index contributed by atoms with van der Waals surface area (Å²) in [4.78, 5) is 45.7. The molecule has 1 atom stereocenters. The molecule has 0 aliphatic heterocycles. The van der Waals surface area contributed by atoms with Gasteiger partial charge in [0.15, 0.2) is 5.96 Å². The second-order valence-corrected chi connectivity index (χ2v) is 7.89. The Balaban J connectivity index is 1.70. The highest BCUT2D eigenvalue weighted by Crippen LogP contribution is 2.20. The largest absolute Gasteiger partial charge is 0.464 e. The Morgan fingerprint density at radius 2 is 1.85 bits per heavy atom. The fraction of sp³-hybridized carbons (Fsp3) is 0.174. The van der Waals surface area contributed by atoms with Crippen LogP contribution in [0.5, 0.6) is 0 Å². The van der Waals surface area contributed by atoms with E-state index in [9.17, 15) is 14.4 Å². The molecule has 0 spiro atoms. The van der Waals surface area contributed by atoms with Gasteiger partial charge in [-0.25, -0.2) is 9.78 Å². The number of nitrogens with zero attached hydrogens (tertiary/aromatic N) is 2. The molecule has 3 aromatic rings. The number of rotatable bonds is 9. The number of anilines is 1. The van der Waals surface area contributed by atoms with Crippen LogP contribution in [0.1, 0.15) is 33.3 Å². The van der Waals surface area contributed by atoms with E-state index in [2.05, 4.69) is 20.6 Å². The predicted octanol–water partition coefficient (Wildman–Crippen LogP) is 2.20. The number of aliphatic imine (C=N–C) groups is 1. The Bertz CT molecular complexity index is 1190. The summed E-state index contributed by atoms with van der Waals surface area (Å²) in [5.41, 5.74) is 12.3. The van der Waals surface area contributed by atoms with E-state index in [0.717, 1.165) is 16.9 Å². The summed E-state index contributed by atoms with van der Waals surface area (Å²) in [6, 6.07) is 14.8. The summed E-state index contributed by atoms with van der Waals surface area (Å²) >= 11 is 1.11. The van der Waals surface area contributed by atoms with Crippen LogP contribution >= 0.6 is 11.3 Å². The van der Waals surface area contributed by atoms with Gasteiger partial charge in [0.05, 0.1) is 6.61 Å². The minimum Gasteiger partial charge on any atom is -0.464 e. The third kappa shape index (κ3) is 6.87. The van der Waals surface area contributed by atoms with Gasteiger partial charge in [0, 0.05) is 23.1 Å². The van der Waals surface area contributed by atoms with Gasteiger partial charge in [-0.05, 0) is 30.7 Å². The molecule has 0 aliphatic rings. The zero-order valence-corrected chi connectivity index (χ0v) is 19.2. The number of aromatic nitrogens is 1. The van der Waals surface area contributed by atoms with Crippen LogP contribution in [0.2, 0.25) is 0 Å². The normalized spacial score (nSPS) is 11.2. The van der Waals surface area contributed by atoms with Crippen molar-refractivity contribution in [3.05, 3.63) is 76.8 Å². The predicted molar refractivity (Wildman–Crippen MR) is 130 cm³/mol. The lowest BCUT2D eigenvalue weighted by Gasteiger charge is -2.18. The molecular weight excluding hydrogens is 456 g/mol. The molecule has 0 radical (unpaired) electrons. The van der Waals surface area contributed by atoms with Crippen LogP contribution in [0.3, 0.4) is 0 Å². The van der Waals surface area contributed by atoms with Crippen LogP contribution in [0.15, 0.2) is 65.0 Å². The van der Waals surface area contributed by atoms with Crippen molar-refractivity contribution < 1.29 is 19.1 Å². The number of benzene rings is 2. The molecule has 2 amide bonds. The summed E-state index contributed by atoms with van der Waals surface area (Å²) in [6.45, 7) is 1.90. The second-order valence-electron chi connectivity index (χ2n) is 7.05. The van der Waals surface area contributed by atoms with E-state index in [1.54, 1.807) is 25.1 Å². The van der Waals surface area contributed by atoms with Crippen molar-refractivity contribution in [2.45, 2.75) is 19.4 Å². The van der Waals surface area contributed by atoms with Gasteiger partial charge in [0.25, 0.3) is 11.8 Å². The maximum absolute atomic E-state index is 12.9. The number of amides is 2. The topological polar surface area (TPSA) is 162 Å². The van der Waals surface area contributed by atoms with Gasteiger partial charge >= 0.3 is 5.97 Å². The smallest absolute Gasteiger partial charge is 0.328 e. The van der Waals surface area contributed by atoms with Gasteiger partial charge in [-0.2, -0.15) is 4.99 Å². The Hall–Kier alpha value is -4.25. The van der Waals surface area contributed by atoms with Crippen molar-refractivity contribution in [3.63, 3.8) is 0 Å². The third-order valence-electron chi connectivity index (χ3n) is 4.49. The first kappa shape index (κ1) is 24.4. The SMILES string of the molecule is CCOC(=O)C(Cc1ccccc1)NC(=O)c1cccc(NC(=O)c2csc(N=C(N)N)n2)c1. The zero-order valence-electron chi connectivity index (χ0n) is 18.4. The van der Waals surface area contributed by atoms with Crippen molar-refractivity contribution in [2.24, 2.45) is 16.5 Å². The molecule has 1 unspecified atom stereocenters. The minimum absolute atomic E-state index is 0.130. The number of carbonyl (C=O) groups is 3. The van der Waals surface area contributed by atoms with E-state index in [0.29, 0.717) is 5.69 Å². The highest BCUT2D eigenvalue weighted by molar-refractivity contribution is 7.13. The molecule has 2 aromatic carbocycles. The maximum Gasteiger partial charge on any atom is 0.328 e. The van der Waals surface area contributed by atoms with Crippen LogP contribution < -0.4 is 22.1 Å². The van der Waals surface area contributed by atoms with E-state index in [1.165, 1.54) is 11.4 Å². The molecule has 0 saturated heterocycles. The number of ether oxygens (including phenoxy) is 1. The van der Waals surface area contributed by atoms with Gasteiger partial charge in [-0.1, -0.05) is 36.4 Å². The first-order valence-corrected chi connectivity index (χ1v) is 11.2. The number of thiazole rings is 1. The van der Waals surface area contributed by atoms with Gasteiger partial charge in [-0.3, -0.25) is 9.59 Å². The molecule has 1 heterocycles. The van der Waals surface area contributed by atoms with E-state index in [1.807, 2.05) is 30.3 Å². The highest BCUT2D eigenvalue weighted by atomic mass is 32.1. The average molecular weight is 481 g/mol. The molecular formula is C23H24N6O4S. The number of carbonyl (C=O) groups excluding carboxylic acids is 3. The molecule has 0 saturated carbocycles. The average Bonchev–Trinajstić information content (AvgIpc) is 3.27. The molecule has 34 heavy (non-hydrogen) atoms. The third-order valence-corrected chi connectivity index (χ3v) is 5.23. The number of hydrogen-bond donors (Lipinski definition) is 4. The number of guanidine groups is 1. The first-order valence-electron chi connectivity index (χ1n) is 10.3. The number of nitrogens with two attached hydrogens (primary N) is 2. The maximum atomic E-state index is 12.9.